The van der Waals surface area contributed by atoms with Crippen LogP contribution in [0.3, 0.4) is 0 Å². The fraction of sp³-hybridized carbons (Fsp3) is 0.333. The quantitative estimate of drug-likeness (QED) is 0.894. The van der Waals surface area contributed by atoms with Crippen molar-refractivity contribution in [3.63, 3.8) is 0 Å². The molecule has 24 heavy (non-hydrogen) atoms. The van der Waals surface area contributed by atoms with Crippen LogP contribution in [0.4, 0.5) is 13.2 Å². The fourth-order valence-electron chi connectivity index (χ4n) is 2.28. The maximum Gasteiger partial charge on any atom is 0.573 e. The van der Waals surface area contributed by atoms with Crippen LogP contribution in [0, 0.1) is 0 Å². The highest BCUT2D eigenvalue weighted by atomic mass is 35.5. The van der Waals surface area contributed by atoms with Crippen LogP contribution in [0.1, 0.15) is 36.5 Å². The lowest BCUT2D eigenvalue weighted by molar-refractivity contribution is -0.274. The predicted octanol–water partition coefficient (Wildman–Crippen LogP) is 3.90. The lowest BCUT2D eigenvalue weighted by atomic mass is 9.77. The van der Waals surface area contributed by atoms with Crippen molar-refractivity contribution in [3.05, 3.63) is 41.5 Å². The zero-order chi connectivity index (χ0) is 16.5. The first-order chi connectivity index (χ1) is 10.9. The minimum atomic E-state index is -4.75. The summed E-state index contributed by atoms with van der Waals surface area (Å²) in [6.07, 6.45) is 0.686. The van der Waals surface area contributed by atoms with Gasteiger partial charge in [0.05, 0.1) is 5.54 Å². The first-order valence-corrected chi connectivity index (χ1v) is 7.02. The Morgan fingerprint density at radius 2 is 1.92 bits per heavy atom. The molecule has 0 aliphatic heterocycles. The highest BCUT2D eigenvalue weighted by Crippen LogP contribution is 2.37. The number of para-hydroxylation sites is 1. The molecule has 0 saturated heterocycles. The molecule has 1 aromatic carbocycles. The van der Waals surface area contributed by atoms with E-state index in [4.69, 9.17) is 10.3 Å². The van der Waals surface area contributed by atoms with Crippen molar-refractivity contribution < 1.29 is 22.4 Å². The molecule has 1 heterocycles. The van der Waals surface area contributed by atoms with Gasteiger partial charge in [-0.1, -0.05) is 23.4 Å². The van der Waals surface area contributed by atoms with Crippen molar-refractivity contribution in [1.82, 2.24) is 10.1 Å². The number of alkyl halides is 3. The number of hydrogen-bond acceptors (Lipinski definition) is 5. The summed E-state index contributed by atoms with van der Waals surface area (Å²) in [5, 5.41) is 3.83. The average molecular weight is 362 g/mol. The Labute approximate surface area is 142 Å². The lowest BCUT2D eigenvalue weighted by Gasteiger charge is -2.34. The normalized spacial score (nSPS) is 16.5. The van der Waals surface area contributed by atoms with E-state index in [1.165, 1.54) is 30.4 Å². The van der Waals surface area contributed by atoms with Gasteiger partial charge in [0.2, 0.25) is 0 Å². The molecular formula is C15H15ClF3N3O2. The highest BCUT2D eigenvalue weighted by molar-refractivity contribution is 5.85. The smallest absolute Gasteiger partial charge is 0.405 e. The summed E-state index contributed by atoms with van der Waals surface area (Å²) in [6.45, 7) is 0. The number of benzene rings is 1. The molecule has 1 saturated carbocycles. The Balaban J connectivity index is 0.00000208. The molecule has 0 amide bonds. The monoisotopic (exact) mass is 361 g/mol. The number of nitrogens with two attached hydrogens (primary N) is 1. The van der Waals surface area contributed by atoms with Gasteiger partial charge < -0.3 is 15.0 Å². The molecule has 3 rings (SSSR count). The summed E-state index contributed by atoms with van der Waals surface area (Å²) in [5.41, 5.74) is 5.78. The van der Waals surface area contributed by atoms with Crippen LogP contribution >= 0.6 is 12.4 Å². The predicted molar refractivity (Wildman–Crippen MR) is 83.3 cm³/mol. The third kappa shape index (κ3) is 4.07. The average Bonchev–Trinajstić information content (AvgIpc) is 2.91. The van der Waals surface area contributed by atoms with Crippen LogP contribution < -0.4 is 10.5 Å². The van der Waals surface area contributed by atoms with Gasteiger partial charge in [-0.15, -0.1) is 25.6 Å². The summed E-state index contributed by atoms with van der Waals surface area (Å²) < 4.78 is 46.1. The van der Waals surface area contributed by atoms with Gasteiger partial charge in [-0.25, -0.2) is 0 Å². The van der Waals surface area contributed by atoms with Crippen molar-refractivity contribution in [2.75, 3.05) is 0 Å². The number of aromatic nitrogens is 2. The Morgan fingerprint density at radius 1 is 1.21 bits per heavy atom. The van der Waals surface area contributed by atoms with Gasteiger partial charge in [0.15, 0.2) is 5.82 Å². The summed E-state index contributed by atoms with van der Waals surface area (Å²) >= 11 is 0. The van der Waals surface area contributed by atoms with Crippen molar-refractivity contribution in [2.24, 2.45) is 5.73 Å². The van der Waals surface area contributed by atoms with Crippen molar-refractivity contribution >= 4 is 24.6 Å². The zero-order valence-electron chi connectivity index (χ0n) is 12.4. The third-order valence-corrected chi connectivity index (χ3v) is 3.68. The first-order valence-electron chi connectivity index (χ1n) is 7.02. The molecule has 9 heteroatoms. The molecule has 5 nitrogen and oxygen atoms in total. The molecule has 130 valence electrons. The van der Waals surface area contributed by atoms with Crippen LogP contribution in [0.15, 0.2) is 28.8 Å². The molecule has 0 radical (unpaired) electrons. The summed E-state index contributed by atoms with van der Waals surface area (Å²) in [4.78, 5) is 4.17. The third-order valence-electron chi connectivity index (χ3n) is 3.68. The van der Waals surface area contributed by atoms with Crippen LogP contribution in [0.2, 0.25) is 0 Å². The molecule has 1 aliphatic carbocycles. The second-order valence-electron chi connectivity index (χ2n) is 5.38. The van der Waals surface area contributed by atoms with Crippen LogP contribution in [0.5, 0.6) is 5.75 Å². The highest BCUT2D eigenvalue weighted by Gasteiger charge is 2.38. The van der Waals surface area contributed by atoms with E-state index in [0.717, 1.165) is 19.3 Å². The van der Waals surface area contributed by atoms with Gasteiger partial charge in [0.25, 0.3) is 5.89 Å². The van der Waals surface area contributed by atoms with Crippen molar-refractivity contribution in [3.8, 4) is 5.75 Å². The number of nitrogens with zero attached hydrogens (tertiary/aromatic N) is 2. The molecule has 0 spiro atoms. The van der Waals surface area contributed by atoms with Crippen LogP contribution in [-0.2, 0) is 5.54 Å². The van der Waals surface area contributed by atoms with E-state index in [0.29, 0.717) is 5.82 Å². The molecule has 1 aliphatic rings. The molecule has 1 aromatic heterocycles. The van der Waals surface area contributed by atoms with Gasteiger partial charge in [-0.2, -0.15) is 4.98 Å². The Bertz CT molecular complexity index is 727. The van der Waals surface area contributed by atoms with E-state index in [1.54, 1.807) is 6.07 Å². The molecular weight excluding hydrogens is 347 g/mol. The van der Waals surface area contributed by atoms with Gasteiger partial charge in [-0.05, 0) is 31.4 Å². The lowest BCUT2D eigenvalue weighted by Crippen LogP contribution is -2.44. The molecule has 1 fully saturated rings. The Morgan fingerprint density at radius 3 is 2.54 bits per heavy atom. The maximum absolute atomic E-state index is 12.4. The molecule has 0 atom stereocenters. The Kier molecular flexibility index (Phi) is 5.19. The van der Waals surface area contributed by atoms with E-state index >= 15 is 0 Å². The minimum absolute atomic E-state index is 0. The summed E-state index contributed by atoms with van der Waals surface area (Å²) in [5.74, 6) is 0.298. The van der Waals surface area contributed by atoms with Crippen molar-refractivity contribution in [2.45, 2.75) is 31.2 Å². The largest absolute Gasteiger partial charge is 0.573 e. The van der Waals surface area contributed by atoms with Crippen molar-refractivity contribution in [1.29, 1.82) is 0 Å². The summed E-state index contributed by atoms with van der Waals surface area (Å²) in [6, 6.07) is 5.78. The molecule has 0 bridgehead atoms. The number of halogens is 4. The Hall–Kier alpha value is -2.06. The molecule has 0 unspecified atom stereocenters. The maximum atomic E-state index is 12.4. The summed E-state index contributed by atoms with van der Waals surface area (Å²) in [7, 11) is 0. The number of rotatable bonds is 4. The van der Waals surface area contributed by atoms with E-state index in [9.17, 15) is 13.2 Å². The van der Waals surface area contributed by atoms with Crippen LogP contribution in [0.25, 0.3) is 12.2 Å². The van der Waals surface area contributed by atoms with E-state index in [1.807, 2.05) is 0 Å². The second kappa shape index (κ2) is 6.82. The van der Waals surface area contributed by atoms with Crippen LogP contribution in [-0.4, -0.2) is 16.5 Å². The first kappa shape index (κ1) is 18.3. The molecule has 2 aromatic rings. The standard InChI is InChI=1S/C15H14F3N3O2.ClH/c16-15(17,18)22-11-5-2-1-4-10(11)6-7-12-20-13(21-23-12)14(19)8-3-9-14;/h1-2,4-7H,3,8-9,19H2;1H/b7-6+;. The van der Waals surface area contributed by atoms with Gasteiger partial charge in [-0.3, -0.25) is 0 Å². The van der Waals surface area contributed by atoms with Gasteiger partial charge in [0.1, 0.15) is 5.75 Å². The van der Waals surface area contributed by atoms with E-state index in [-0.39, 0.29) is 29.6 Å². The second-order valence-corrected chi connectivity index (χ2v) is 5.38. The number of ether oxygens (including phenoxy) is 1. The van der Waals surface area contributed by atoms with Gasteiger partial charge >= 0.3 is 6.36 Å². The van der Waals surface area contributed by atoms with E-state index in [2.05, 4.69) is 14.9 Å². The number of hydrogen-bond donors (Lipinski definition) is 1. The van der Waals surface area contributed by atoms with Gasteiger partial charge in [0, 0.05) is 11.6 Å². The minimum Gasteiger partial charge on any atom is -0.405 e. The zero-order valence-corrected chi connectivity index (χ0v) is 13.2. The van der Waals surface area contributed by atoms with E-state index < -0.39 is 11.9 Å². The fourth-order valence-corrected chi connectivity index (χ4v) is 2.28. The topological polar surface area (TPSA) is 74.2 Å². The molecule has 2 N–H and O–H groups in total. The SMILES string of the molecule is Cl.NC1(c2noc(/C=C/c3ccccc3OC(F)(F)F)n2)CCC1.